The lowest BCUT2D eigenvalue weighted by molar-refractivity contribution is 0.0600. The Kier molecular flexibility index (Phi) is 4.18. The minimum absolute atomic E-state index is 0.114. The first kappa shape index (κ1) is 15.9. The van der Waals surface area contributed by atoms with Crippen LogP contribution in [0.5, 0.6) is 0 Å². The molecule has 1 N–H and O–H groups in total. The highest BCUT2D eigenvalue weighted by atomic mass is 16.5. The van der Waals surface area contributed by atoms with Crippen molar-refractivity contribution in [2.45, 2.75) is 13.5 Å². The van der Waals surface area contributed by atoms with Crippen molar-refractivity contribution in [3.8, 4) is 16.9 Å². The van der Waals surface area contributed by atoms with Crippen molar-refractivity contribution < 1.29 is 14.6 Å². The lowest BCUT2D eigenvalue weighted by Crippen LogP contribution is -2.16. The number of pyridine rings is 1. The number of aryl methyl sites for hydroxylation is 1. The molecular weight excluding hydrogens is 310 g/mol. The second kappa shape index (κ2) is 6.29. The highest BCUT2D eigenvalue weighted by Gasteiger charge is 2.24. The van der Waals surface area contributed by atoms with E-state index in [1.54, 1.807) is 16.8 Å². The summed E-state index contributed by atoms with van der Waals surface area (Å²) in [7, 11) is 1.27. The molecule has 2 heterocycles. The van der Waals surface area contributed by atoms with Crippen LogP contribution in [0.4, 0.5) is 0 Å². The molecule has 0 atom stereocenters. The maximum absolute atomic E-state index is 12.7. The monoisotopic (exact) mass is 327 g/mol. The minimum atomic E-state index is -0.582. The van der Waals surface area contributed by atoms with Crippen molar-refractivity contribution >= 4 is 5.97 Å². The first-order valence-electron chi connectivity index (χ1n) is 7.44. The van der Waals surface area contributed by atoms with E-state index in [0.29, 0.717) is 11.3 Å². The standard InChI is InChI=1S/C17H17N3O4/c1-11-4-3-5-12(8-11)20-16(22)13-9-19(6-7-21)10-14(15(13)18-20)17(23)24-2/h3-5,8-10,21H,6-7H2,1-2H3. The number of aliphatic hydroxyl groups is 1. The Morgan fingerprint density at radius 1 is 1.33 bits per heavy atom. The van der Waals surface area contributed by atoms with E-state index in [0.717, 1.165) is 5.56 Å². The van der Waals surface area contributed by atoms with E-state index < -0.39 is 5.97 Å². The van der Waals surface area contributed by atoms with E-state index >= 15 is 0 Å². The third-order valence-corrected chi connectivity index (χ3v) is 3.73. The molecule has 0 aliphatic carbocycles. The lowest BCUT2D eigenvalue weighted by Gasteiger charge is -2.10. The normalized spacial score (nSPS) is 11.0. The molecular formula is C17H17N3O4. The van der Waals surface area contributed by atoms with Gasteiger partial charge in [0, 0.05) is 18.9 Å². The van der Waals surface area contributed by atoms with Crippen molar-refractivity contribution in [3.63, 3.8) is 0 Å². The topological polar surface area (TPSA) is 86.4 Å². The Morgan fingerprint density at radius 2 is 2.12 bits per heavy atom. The van der Waals surface area contributed by atoms with Crippen LogP contribution < -0.4 is 5.56 Å². The van der Waals surface area contributed by atoms with Gasteiger partial charge < -0.3 is 14.4 Å². The fourth-order valence-corrected chi connectivity index (χ4v) is 2.60. The van der Waals surface area contributed by atoms with Crippen LogP contribution in [0.2, 0.25) is 0 Å². The van der Waals surface area contributed by atoms with Crippen LogP contribution in [0.25, 0.3) is 16.9 Å². The van der Waals surface area contributed by atoms with Gasteiger partial charge in [-0.25, -0.2) is 4.79 Å². The number of hydrogen-bond donors (Lipinski definition) is 1. The van der Waals surface area contributed by atoms with Crippen LogP contribution in [-0.2, 0) is 11.3 Å². The Labute approximate surface area is 138 Å². The molecule has 124 valence electrons. The van der Waals surface area contributed by atoms with Gasteiger partial charge in [-0.15, -0.1) is 0 Å². The van der Waals surface area contributed by atoms with Gasteiger partial charge in [-0.05, 0) is 24.6 Å². The quantitative estimate of drug-likeness (QED) is 0.728. The van der Waals surface area contributed by atoms with Crippen molar-refractivity contribution in [2.75, 3.05) is 13.7 Å². The molecule has 2 aliphatic rings. The zero-order chi connectivity index (χ0) is 17.3. The van der Waals surface area contributed by atoms with Gasteiger partial charge in [-0.1, -0.05) is 12.1 Å². The van der Waals surface area contributed by atoms with Crippen LogP contribution >= 0.6 is 0 Å². The van der Waals surface area contributed by atoms with Crippen molar-refractivity contribution in [1.82, 2.24) is 14.3 Å². The largest absolute Gasteiger partial charge is 0.465 e. The van der Waals surface area contributed by atoms with Gasteiger partial charge in [0.15, 0.2) is 0 Å². The molecule has 0 bridgehead atoms. The number of aromatic nitrogens is 3. The number of esters is 1. The Hall–Kier alpha value is -2.93. The molecule has 0 spiro atoms. The molecule has 3 rings (SSSR count). The molecule has 0 saturated heterocycles. The number of hydrogen-bond acceptors (Lipinski definition) is 5. The number of fused-ring (bicyclic) bond motifs is 1. The van der Waals surface area contributed by atoms with E-state index in [-0.39, 0.29) is 30.0 Å². The fourth-order valence-electron chi connectivity index (χ4n) is 2.60. The molecule has 0 aromatic heterocycles. The van der Waals surface area contributed by atoms with E-state index in [4.69, 9.17) is 9.84 Å². The van der Waals surface area contributed by atoms with Gasteiger partial charge in [0.25, 0.3) is 5.56 Å². The smallest absolute Gasteiger partial charge is 0.341 e. The summed E-state index contributed by atoms with van der Waals surface area (Å²) in [6.45, 7) is 2.07. The van der Waals surface area contributed by atoms with Gasteiger partial charge in [0.2, 0.25) is 0 Å². The number of aliphatic hydroxyl groups excluding tert-OH is 1. The van der Waals surface area contributed by atoms with Gasteiger partial charge in [-0.2, -0.15) is 9.78 Å². The zero-order valence-electron chi connectivity index (χ0n) is 13.4. The summed E-state index contributed by atoms with van der Waals surface area (Å²) in [6.07, 6.45) is 3.11. The molecule has 0 unspecified atom stereocenters. The Morgan fingerprint density at radius 3 is 2.79 bits per heavy atom. The van der Waals surface area contributed by atoms with Gasteiger partial charge in [-0.3, -0.25) is 4.79 Å². The first-order chi connectivity index (χ1) is 11.5. The van der Waals surface area contributed by atoms with Crippen LogP contribution in [0.1, 0.15) is 15.9 Å². The molecule has 7 heteroatoms. The molecule has 7 nitrogen and oxygen atoms in total. The predicted octanol–water partition coefficient (Wildman–Crippen LogP) is 1.23. The predicted molar refractivity (Wildman–Crippen MR) is 87.6 cm³/mol. The molecule has 24 heavy (non-hydrogen) atoms. The summed E-state index contributed by atoms with van der Waals surface area (Å²) >= 11 is 0. The van der Waals surface area contributed by atoms with E-state index in [9.17, 15) is 9.59 Å². The average molecular weight is 327 g/mol. The highest BCUT2D eigenvalue weighted by Crippen LogP contribution is 2.23. The number of carbonyl (C=O) groups is 1. The number of rotatable bonds is 4. The van der Waals surface area contributed by atoms with E-state index in [2.05, 4.69) is 5.10 Å². The maximum Gasteiger partial charge on any atom is 0.341 e. The summed E-state index contributed by atoms with van der Waals surface area (Å²) in [6, 6.07) is 7.38. The molecule has 0 saturated carbocycles. The number of carbonyl (C=O) groups excluding carboxylic acids is 1. The number of ether oxygens (including phenoxy) is 1. The van der Waals surface area contributed by atoms with Gasteiger partial charge in [0.1, 0.15) is 11.3 Å². The van der Waals surface area contributed by atoms with Crippen LogP contribution in [-0.4, -0.2) is 39.1 Å². The number of nitrogens with zero attached hydrogens (tertiary/aromatic N) is 3. The third-order valence-electron chi connectivity index (χ3n) is 3.73. The minimum Gasteiger partial charge on any atom is -0.465 e. The highest BCUT2D eigenvalue weighted by molar-refractivity contribution is 5.96. The van der Waals surface area contributed by atoms with Gasteiger partial charge >= 0.3 is 5.97 Å². The Bertz CT molecular complexity index is 926. The van der Waals surface area contributed by atoms with Crippen molar-refractivity contribution in [3.05, 3.63) is 58.1 Å². The van der Waals surface area contributed by atoms with Gasteiger partial charge in [0.05, 0.1) is 25.0 Å². The Balaban J connectivity index is 2.27. The summed E-state index contributed by atoms with van der Waals surface area (Å²) in [5.41, 5.74) is 2.06. The molecule has 2 aliphatic heterocycles. The fraction of sp³-hybridized carbons (Fsp3) is 0.235. The first-order valence-corrected chi connectivity index (χ1v) is 7.44. The summed E-state index contributed by atoms with van der Waals surface area (Å²) in [4.78, 5) is 24.8. The molecule has 1 aromatic carbocycles. The molecule has 1 aromatic rings. The second-order valence-corrected chi connectivity index (χ2v) is 5.44. The molecule has 0 fully saturated rings. The second-order valence-electron chi connectivity index (χ2n) is 5.44. The zero-order valence-corrected chi connectivity index (χ0v) is 13.4. The van der Waals surface area contributed by atoms with E-state index in [1.165, 1.54) is 18.0 Å². The number of methoxy groups -OCH3 is 1. The van der Waals surface area contributed by atoms with Crippen molar-refractivity contribution in [1.29, 1.82) is 0 Å². The molecule has 0 radical (unpaired) electrons. The van der Waals surface area contributed by atoms with Crippen LogP contribution in [0, 0.1) is 6.92 Å². The third kappa shape index (κ3) is 2.69. The van der Waals surface area contributed by atoms with Crippen LogP contribution in [0.3, 0.4) is 0 Å². The molecule has 0 amide bonds. The maximum atomic E-state index is 12.7. The summed E-state index contributed by atoms with van der Waals surface area (Å²) in [5.74, 6) is -0.582. The van der Waals surface area contributed by atoms with Crippen molar-refractivity contribution in [2.24, 2.45) is 0 Å². The lowest BCUT2D eigenvalue weighted by atomic mass is 10.1. The number of benzene rings is 1. The summed E-state index contributed by atoms with van der Waals surface area (Å²) < 4.78 is 7.64. The average Bonchev–Trinajstić information content (AvgIpc) is 2.91. The van der Waals surface area contributed by atoms with E-state index in [1.807, 2.05) is 25.1 Å². The SMILES string of the molecule is COC(=O)c1cn(CCO)cc2c(=O)n(-c3cccc(C)c3)nc1-2. The van der Waals surface area contributed by atoms with Crippen LogP contribution in [0.15, 0.2) is 41.5 Å². The summed E-state index contributed by atoms with van der Waals surface area (Å²) in [5, 5.41) is 13.4.